The Bertz CT molecular complexity index is 380. The van der Waals surface area contributed by atoms with Crippen molar-refractivity contribution in [2.45, 2.75) is 32.1 Å². The number of hydrogen-bond acceptors (Lipinski definition) is 2. The molecule has 0 aromatic heterocycles. The molecule has 2 rings (SSSR count). The minimum atomic E-state index is 0.218. The minimum Gasteiger partial charge on any atom is -0.303 e. The van der Waals surface area contributed by atoms with Crippen molar-refractivity contribution in [3.63, 3.8) is 0 Å². The number of rotatable bonds is 4. The minimum absolute atomic E-state index is 0.218. The molecule has 0 N–H and O–H groups in total. The SMILES string of the molecule is O=C(CCN1CCCCCC1)c1ccc(Cl)cc1. The summed E-state index contributed by atoms with van der Waals surface area (Å²) in [4.78, 5) is 14.4. The monoisotopic (exact) mass is 265 g/mol. The first kappa shape index (κ1) is 13.6. The highest BCUT2D eigenvalue weighted by atomic mass is 35.5. The summed E-state index contributed by atoms with van der Waals surface area (Å²) >= 11 is 5.81. The first-order chi connectivity index (χ1) is 8.75. The van der Waals surface area contributed by atoms with Crippen molar-refractivity contribution in [2.24, 2.45) is 0 Å². The Hall–Kier alpha value is -0.860. The maximum atomic E-state index is 12.0. The molecule has 0 atom stereocenters. The Morgan fingerprint density at radius 1 is 1.06 bits per heavy atom. The summed E-state index contributed by atoms with van der Waals surface area (Å²) in [7, 11) is 0. The number of halogens is 1. The van der Waals surface area contributed by atoms with Gasteiger partial charge in [0.25, 0.3) is 0 Å². The van der Waals surface area contributed by atoms with E-state index >= 15 is 0 Å². The molecule has 1 saturated heterocycles. The maximum absolute atomic E-state index is 12.0. The van der Waals surface area contributed by atoms with Gasteiger partial charge in [0.05, 0.1) is 0 Å². The molecule has 1 fully saturated rings. The normalized spacial score (nSPS) is 17.4. The van der Waals surface area contributed by atoms with Gasteiger partial charge in [0.15, 0.2) is 5.78 Å². The molecule has 0 radical (unpaired) electrons. The molecule has 1 aliphatic heterocycles. The largest absolute Gasteiger partial charge is 0.303 e. The van der Waals surface area contributed by atoms with Crippen molar-refractivity contribution in [1.29, 1.82) is 0 Å². The molecule has 1 heterocycles. The molecule has 1 aromatic carbocycles. The van der Waals surface area contributed by atoms with E-state index in [0.717, 1.165) is 25.2 Å². The van der Waals surface area contributed by atoms with Crippen molar-refractivity contribution in [3.8, 4) is 0 Å². The molecule has 2 nitrogen and oxygen atoms in total. The third-order valence-corrected chi connectivity index (χ3v) is 3.77. The predicted molar refractivity (Wildman–Crippen MR) is 75.3 cm³/mol. The average molecular weight is 266 g/mol. The molecule has 18 heavy (non-hydrogen) atoms. The molecule has 0 bridgehead atoms. The van der Waals surface area contributed by atoms with E-state index in [1.54, 1.807) is 12.1 Å². The maximum Gasteiger partial charge on any atom is 0.164 e. The van der Waals surface area contributed by atoms with Crippen LogP contribution in [0.4, 0.5) is 0 Å². The highest BCUT2D eigenvalue weighted by Crippen LogP contribution is 2.13. The van der Waals surface area contributed by atoms with E-state index in [4.69, 9.17) is 11.6 Å². The van der Waals surface area contributed by atoms with Crippen LogP contribution in [-0.4, -0.2) is 30.3 Å². The Morgan fingerprint density at radius 3 is 2.28 bits per heavy atom. The lowest BCUT2D eigenvalue weighted by Crippen LogP contribution is -2.27. The van der Waals surface area contributed by atoms with Crippen molar-refractivity contribution in [1.82, 2.24) is 4.90 Å². The first-order valence-corrected chi connectivity index (χ1v) is 7.14. The molecule has 0 aliphatic carbocycles. The van der Waals surface area contributed by atoms with Gasteiger partial charge in [-0.25, -0.2) is 0 Å². The van der Waals surface area contributed by atoms with Crippen LogP contribution in [0, 0.1) is 0 Å². The second-order valence-electron chi connectivity index (χ2n) is 4.94. The highest BCUT2D eigenvalue weighted by Gasteiger charge is 2.11. The summed E-state index contributed by atoms with van der Waals surface area (Å²) in [6, 6.07) is 7.18. The second kappa shape index (κ2) is 6.91. The van der Waals surface area contributed by atoms with Crippen LogP contribution in [0.2, 0.25) is 5.02 Å². The summed E-state index contributed by atoms with van der Waals surface area (Å²) in [5.41, 5.74) is 0.772. The first-order valence-electron chi connectivity index (χ1n) is 6.77. The molecule has 0 unspecified atom stereocenters. The van der Waals surface area contributed by atoms with Gasteiger partial charge in [0.1, 0.15) is 0 Å². The summed E-state index contributed by atoms with van der Waals surface area (Å²) in [5, 5.41) is 0.680. The molecular formula is C15H20ClNO. The molecule has 0 amide bonds. The van der Waals surface area contributed by atoms with Crippen molar-refractivity contribution >= 4 is 17.4 Å². The summed E-state index contributed by atoms with van der Waals surface area (Å²) in [6.07, 6.45) is 5.83. The van der Waals surface area contributed by atoms with Gasteiger partial charge in [-0.3, -0.25) is 4.79 Å². The van der Waals surface area contributed by atoms with Crippen molar-refractivity contribution in [3.05, 3.63) is 34.9 Å². The number of ketones is 1. The quantitative estimate of drug-likeness (QED) is 0.772. The zero-order valence-corrected chi connectivity index (χ0v) is 11.5. The Labute approximate surface area is 114 Å². The van der Waals surface area contributed by atoms with Gasteiger partial charge in [0, 0.05) is 23.6 Å². The molecule has 98 valence electrons. The van der Waals surface area contributed by atoms with Crippen LogP contribution >= 0.6 is 11.6 Å². The van der Waals surface area contributed by atoms with Crippen LogP contribution in [0.25, 0.3) is 0 Å². The van der Waals surface area contributed by atoms with Gasteiger partial charge >= 0.3 is 0 Å². The summed E-state index contributed by atoms with van der Waals surface area (Å²) < 4.78 is 0. The summed E-state index contributed by atoms with van der Waals surface area (Å²) in [5.74, 6) is 0.218. The molecule has 1 aliphatic rings. The van der Waals surface area contributed by atoms with Gasteiger partial charge in [-0.15, -0.1) is 0 Å². The van der Waals surface area contributed by atoms with E-state index in [1.807, 2.05) is 12.1 Å². The fourth-order valence-electron chi connectivity index (χ4n) is 2.40. The lowest BCUT2D eigenvalue weighted by Gasteiger charge is -2.18. The predicted octanol–water partition coefficient (Wildman–Crippen LogP) is 3.79. The average Bonchev–Trinajstić information content (AvgIpc) is 2.65. The van der Waals surface area contributed by atoms with E-state index < -0.39 is 0 Å². The van der Waals surface area contributed by atoms with Crippen LogP contribution in [-0.2, 0) is 0 Å². The van der Waals surface area contributed by atoms with Crippen LogP contribution in [0.5, 0.6) is 0 Å². The number of carbonyl (C=O) groups excluding carboxylic acids is 1. The van der Waals surface area contributed by atoms with E-state index in [0.29, 0.717) is 11.4 Å². The second-order valence-corrected chi connectivity index (χ2v) is 5.37. The smallest absolute Gasteiger partial charge is 0.164 e. The number of benzene rings is 1. The molecule has 0 spiro atoms. The fraction of sp³-hybridized carbons (Fsp3) is 0.533. The Morgan fingerprint density at radius 2 is 1.67 bits per heavy atom. The van der Waals surface area contributed by atoms with E-state index in [9.17, 15) is 4.79 Å². The van der Waals surface area contributed by atoms with Gasteiger partial charge in [0.2, 0.25) is 0 Å². The van der Waals surface area contributed by atoms with Gasteiger partial charge in [-0.1, -0.05) is 24.4 Å². The zero-order valence-electron chi connectivity index (χ0n) is 10.7. The van der Waals surface area contributed by atoms with Crippen LogP contribution < -0.4 is 0 Å². The molecular weight excluding hydrogens is 246 g/mol. The fourth-order valence-corrected chi connectivity index (χ4v) is 2.53. The lowest BCUT2D eigenvalue weighted by atomic mass is 10.1. The van der Waals surface area contributed by atoms with E-state index in [1.165, 1.54) is 25.7 Å². The number of nitrogens with zero attached hydrogens (tertiary/aromatic N) is 1. The van der Waals surface area contributed by atoms with Crippen molar-refractivity contribution < 1.29 is 4.79 Å². The van der Waals surface area contributed by atoms with Crippen molar-refractivity contribution in [2.75, 3.05) is 19.6 Å². The van der Waals surface area contributed by atoms with E-state index in [2.05, 4.69) is 4.90 Å². The number of hydrogen-bond donors (Lipinski definition) is 0. The number of carbonyl (C=O) groups is 1. The highest BCUT2D eigenvalue weighted by molar-refractivity contribution is 6.30. The number of likely N-dealkylation sites (tertiary alicyclic amines) is 1. The zero-order chi connectivity index (χ0) is 12.8. The molecule has 1 aromatic rings. The number of Topliss-reactive ketones (excluding diaryl/α,β-unsaturated/α-hetero) is 1. The molecule has 0 saturated carbocycles. The van der Waals surface area contributed by atoms with Crippen LogP contribution in [0.3, 0.4) is 0 Å². The Kier molecular flexibility index (Phi) is 5.21. The van der Waals surface area contributed by atoms with Crippen LogP contribution in [0.15, 0.2) is 24.3 Å². The van der Waals surface area contributed by atoms with E-state index in [-0.39, 0.29) is 5.78 Å². The van der Waals surface area contributed by atoms with Crippen LogP contribution in [0.1, 0.15) is 42.5 Å². The Balaban J connectivity index is 1.82. The van der Waals surface area contributed by atoms with Gasteiger partial charge < -0.3 is 4.90 Å². The third kappa shape index (κ3) is 4.11. The van der Waals surface area contributed by atoms with Gasteiger partial charge in [-0.05, 0) is 50.2 Å². The molecule has 3 heteroatoms. The van der Waals surface area contributed by atoms with Gasteiger partial charge in [-0.2, -0.15) is 0 Å². The lowest BCUT2D eigenvalue weighted by molar-refractivity contribution is 0.0965. The summed E-state index contributed by atoms with van der Waals surface area (Å²) in [6.45, 7) is 3.18. The standard InChI is InChI=1S/C15H20ClNO/c16-14-7-5-13(6-8-14)15(18)9-12-17-10-3-1-2-4-11-17/h5-8H,1-4,9-12H2. The third-order valence-electron chi connectivity index (χ3n) is 3.52. The topological polar surface area (TPSA) is 20.3 Å².